The number of hydrogen-bond acceptors (Lipinski definition) is 8. The fraction of sp³-hybridized carbons (Fsp3) is 0.308. The molecule has 0 bridgehead atoms. The number of aromatic nitrogens is 2. The molecule has 8 nitrogen and oxygen atoms in total. The van der Waals surface area contributed by atoms with E-state index in [1.165, 1.54) is 29.4 Å². The van der Waals surface area contributed by atoms with Gasteiger partial charge in [0, 0.05) is 13.1 Å². The van der Waals surface area contributed by atoms with Crippen LogP contribution >= 0.6 is 11.3 Å². The molecule has 1 fully saturated rings. The van der Waals surface area contributed by atoms with Crippen LogP contribution in [0, 0.1) is 18.3 Å². The first kappa shape index (κ1) is 24.2. The van der Waals surface area contributed by atoms with E-state index in [4.69, 9.17) is 9.47 Å². The van der Waals surface area contributed by atoms with E-state index in [1.54, 1.807) is 25.3 Å². The van der Waals surface area contributed by atoms with Gasteiger partial charge in [0.2, 0.25) is 10.3 Å². The smallest absolute Gasteiger partial charge is 0.268 e. The number of amides is 1. The maximum absolute atomic E-state index is 12.7. The van der Waals surface area contributed by atoms with Crippen molar-refractivity contribution < 1.29 is 14.3 Å². The Bertz CT molecular complexity index is 1240. The van der Waals surface area contributed by atoms with Crippen molar-refractivity contribution in [2.24, 2.45) is 0 Å². The standard InChI is InChI=1S/C26H27N5O3S/c1-18-6-8-19(9-7-18)17-34-22-11-10-20(15-23(22)33-2)14-21(16-27)24(32)28-25-29-30-26(35-25)31-12-4-3-5-13-31/h6-11,14-15H,3-5,12-13,17H2,1-2H3,(H,28,29,32)/b21-14-. The van der Waals surface area contributed by atoms with E-state index in [2.05, 4.69) is 20.4 Å². The molecule has 1 amide bonds. The molecule has 180 valence electrons. The lowest BCUT2D eigenvalue weighted by Crippen LogP contribution is -2.29. The van der Waals surface area contributed by atoms with Crippen LogP contribution in [0.25, 0.3) is 6.08 Å². The van der Waals surface area contributed by atoms with Gasteiger partial charge in [-0.05, 0) is 55.5 Å². The monoisotopic (exact) mass is 489 g/mol. The molecule has 2 aromatic carbocycles. The minimum atomic E-state index is -0.535. The summed E-state index contributed by atoms with van der Waals surface area (Å²) in [5, 5.41) is 21.7. The zero-order valence-corrected chi connectivity index (χ0v) is 20.6. The van der Waals surface area contributed by atoms with Crippen molar-refractivity contribution >= 4 is 33.6 Å². The third kappa shape index (κ3) is 6.37. The minimum Gasteiger partial charge on any atom is -0.493 e. The van der Waals surface area contributed by atoms with E-state index in [-0.39, 0.29) is 5.57 Å². The number of nitrogens with zero attached hydrogens (tertiary/aromatic N) is 4. The van der Waals surface area contributed by atoms with E-state index in [0.717, 1.165) is 36.6 Å². The van der Waals surface area contributed by atoms with Gasteiger partial charge in [-0.2, -0.15) is 5.26 Å². The number of nitrogens with one attached hydrogen (secondary N) is 1. The molecule has 3 aromatic rings. The fourth-order valence-corrected chi connectivity index (χ4v) is 4.49. The summed E-state index contributed by atoms with van der Waals surface area (Å²) in [7, 11) is 1.55. The van der Waals surface area contributed by atoms with Crippen LogP contribution in [0.3, 0.4) is 0 Å². The van der Waals surface area contributed by atoms with Gasteiger partial charge in [0.05, 0.1) is 7.11 Å². The van der Waals surface area contributed by atoms with Crippen molar-refractivity contribution in [1.82, 2.24) is 10.2 Å². The second-order valence-corrected chi connectivity index (χ2v) is 9.20. The van der Waals surface area contributed by atoms with Crippen LogP contribution in [-0.4, -0.2) is 36.3 Å². The number of anilines is 2. The summed E-state index contributed by atoms with van der Waals surface area (Å²) in [4.78, 5) is 14.9. The fourth-order valence-electron chi connectivity index (χ4n) is 3.70. The average Bonchev–Trinajstić information content (AvgIpc) is 3.36. The lowest BCUT2D eigenvalue weighted by Gasteiger charge is -2.25. The molecular formula is C26H27N5O3S. The topological polar surface area (TPSA) is 100 Å². The van der Waals surface area contributed by atoms with Gasteiger partial charge in [-0.25, -0.2) is 0 Å². The Labute approximate surface area is 208 Å². The molecule has 2 heterocycles. The number of rotatable bonds is 8. The Kier molecular flexibility index (Phi) is 7.95. The second-order valence-electron chi connectivity index (χ2n) is 8.25. The molecule has 1 aromatic heterocycles. The zero-order valence-electron chi connectivity index (χ0n) is 19.8. The molecule has 0 spiro atoms. The molecule has 0 radical (unpaired) electrons. The Morgan fingerprint density at radius 3 is 2.63 bits per heavy atom. The van der Waals surface area contributed by atoms with Crippen molar-refractivity contribution in [3.8, 4) is 17.6 Å². The van der Waals surface area contributed by atoms with Crippen LogP contribution in [0.1, 0.15) is 36.0 Å². The van der Waals surface area contributed by atoms with Crippen molar-refractivity contribution in [2.75, 3.05) is 30.4 Å². The number of ether oxygens (including phenoxy) is 2. The molecule has 1 N–H and O–H groups in total. The number of carbonyl (C=O) groups excluding carboxylic acids is 1. The highest BCUT2D eigenvalue weighted by molar-refractivity contribution is 7.19. The maximum atomic E-state index is 12.7. The Morgan fingerprint density at radius 2 is 1.91 bits per heavy atom. The summed E-state index contributed by atoms with van der Waals surface area (Å²) in [6, 6.07) is 15.3. The quantitative estimate of drug-likeness (QED) is 0.352. The predicted molar refractivity (Wildman–Crippen MR) is 137 cm³/mol. The molecule has 0 atom stereocenters. The van der Waals surface area contributed by atoms with Crippen molar-refractivity contribution in [3.63, 3.8) is 0 Å². The summed E-state index contributed by atoms with van der Waals surface area (Å²) >= 11 is 1.31. The van der Waals surface area contributed by atoms with Gasteiger partial charge in [-0.15, -0.1) is 10.2 Å². The van der Waals surface area contributed by atoms with Gasteiger partial charge in [0.15, 0.2) is 11.5 Å². The summed E-state index contributed by atoms with van der Waals surface area (Å²) in [6.45, 7) is 4.33. The lowest BCUT2D eigenvalue weighted by molar-refractivity contribution is -0.112. The number of benzene rings is 2. The second kappa shape index (κ2) is 11.5. The Hall–Kier alpha value is -3.90. The average molecular weight is 490 g/mol. The lowest BCUT2D eigenvalue weighted by atomic mass is 10.1. The van der Waals surface area contributed by atoms with Gasteiger partial charge in [-0.3, -0.25) is 10.1 Å². The van der Waals surface area contributed by atoms with Gasteiger partial charge >= 0.3 is 0 Å². The maximum Gasteiger partial charge on any atom is 0.268 e. The largest absolute Gasteiger partial charge is 0.493 e. The van der Waals surface area contributed by atoms with Crippen molar-refractivity contribution in [1.29, 1.82) is 5.26 Å². The molecule has 35 heavy (non-hydrogen) atoms. The number of nitriles is 1. The summed E-state index contributed by atoms with van der Waals surface area (Å²) < 4.78 is 11.4. The minimum absolute atomic E-state index is 0.0462. The van der Waals surface area contributed by atoms with Crippen LogP contribution in [0.15, 0.2) is 48.0 Å². The summed E-state index contributed by atoms with van der Waals surface area (Å²) in [5.74, 6) is 0.554. The summed E-state index contributed by atoms with van der Waals surface area (Å²) in [5.41, 5.74) is 2.83. The number of piperidine rings is 1. The zero-order chi connectivity index (χ0) is 24.6. The van der Waals surface area contributed by atoms with Gasteiger partial charge in [0.25, 0.3) is 5.91 Å². The van der Waals surface area contributed by atoms with Crippen molar-refractivity contribution in [3.05, 3.63) is 64.7 Å². The molecule has 9 heteroatoms. The third-order valence-electron chi connectivity index (χ3n) is 5.64. The summed E-state index contributed by atoms with van der Waals surface area (Å²) in [6.07, 6.45) is 4.98. The highest BCUT2D eigenvalue weighted by atomic mass is 32.1. The van der Waals surface area contributed by atoms with E-state index < -0.39 is 5.91 Å². The molecule has 1 saturated heterocycles. The molecule has 1 aliphatic rings. The molecular weight excluding hydrogens is 462 g/mol. The Morgan fingerprint density at radius 1 is 1.14 bits per heavy atom. The first-order valence-electron chi connectivity index (χ1n) is 11.4. The molecule has 0 aliphatic carbocycles. The normalized spacial score (nSPS) is 13.7. The highest BCUT2D eigenvalue weighted by Gasteiger charge is 2.18. The number of carbonyl (C=O) groups is 1. The third-order valence-corrected chi connectivity index (χ3v) is 6.54. The van der Waals surface area contributed by atoms with Crippen LogP contribution in [0.2, 0.25) is 0 Å². The number of methoxy groups -OCH3 is 1. The van der Waals surface area contributed by atoms with Crippen LogP contribution in [0.4, 0.5) is 10.3 Å². The van der Waals surface area contributed by atoms with E-state index in [1.807, 2.05) is 37.3 Å². The highest BCUT2D eigenvalue weighted by Crippen LogP contribution is 2.30. The molecule has 0 unspecified atom stereocenters. The van der Waals surface area contributed by atoms with E-state index >= 15 is 0 Å². The number of aryl methyl sites for hydroxylation is 1. The SMILES string of the molecule is COc1cc(/C=C(/C#N)C(=O)Nc2nnc(N3CCCCC3)s2)ccc1OCc1ccc(C)cc1. The van der Waals surface area contributed by atoms with Crippen LogP contribution < -0.4 is 19.7 Å². The molecule has 1 aliphatic heterocycles. The first-order chi connectivity index (χ1) is 17.1. The van der Waals surface area contributed by atoms with Gasteiger partial charge in [-0.1, -0.05) is 47.2 Å². The predicted octanol–water partition coefficient (Wildman–Crippen LogP) is 4.97. The van der Waals surface area contributed by atoms with Crippen LogP contribution in [-0.2, 0) is 11.4 Å². The van der Waals surface area contributed by atoms with Gasteiger partial charge in [0.1, 0.15) is 18.2 Å². The van der Waals surface area contributed by atoms with Crippen molar-refractivity contribution in [2.45, 2.75) is 32.8 Å². The molecule has 4 rings (SSSR count). The van der Waals surface area contributed by atoms with Gasteiger partial charge < -0.3 is 14.4 Å². The first-order valence-corrected chi connectivity index (χ1v) is 12.3. The van der Waals surface area contributed by atoms with E-state index in [0.29, 0.717) is 28.8 Å². The van der Waals surface area contributed by atoms with Crippen LogP contribution in [0.5, 0.6) is 11.5 Å². The number of hydrogen-bond donors (Lipinski definition) is 1. The molecule has 0 saturated carbocycles. The van der Waals surface area contributed by atoms with E-state index in [9.17, 15) is 10.1 Å². The Balaban J connectivity index is 1.42.